The number of hydrogen-bond donors (Lipinski definition) is 0. The van der Waals surface area contributed by atoms with E-state index in [-0.39, 0.29) is 11.9 Å². The topological polar surface area (TPSA) is 26.3 Å². The highest BCUT2D eigenvalue weighted by molar-refractivity contribution is 5.83. The van der Waals surface area contributed by atoms with E-state index in [1.807, 2.05) is 6.92 Å². The van der Waals surface area contributed by atoms with Crippen molar-refractivity contribution in [1.82, 2.24) is 0 Å². The summed E-state index contributed by atoms with van der Waals surface area (Å²) in [6.45, 7) is 5.54. The summed E-state index contributed by atoms with van der Waals surface area (Å²) in [5, 5.41) is 0. The van der Waals surface area contributed by atoms with E-state index in [1.54, 1.807) is 13.2 Å². The van der Waals surface area contributed by atoms with Crippen LogP contribution in [0.3, 0.4) is 0 Å². The van der Waals surface area contributed by atoms with Crippen LogP contribution in [0.15, 0.2) is 12.7 Å². The average molecular weight is 156 g/mol. The normalized spacial score (nSPS) is 12.5. The first-order valence-corrected chi connectivity index (χ1v) is 3.92. The van der Waals surface area contributed by atoms with Gasteiger partial charge in [0.2, 0.25) is 0 Å². The Morgan fingerprint density at radius 3 is 2.73 bits per heavy atom. The predicted octanol–water partition coefficient (Wildman–Crippen LogP) is 1.95. The zero-order chi connectivity index (χ0) is 8.69. The summed E-state index contributed by atoms with van der Waals surface area (Å²) in [6, 6.07) is 0. The maximum atomic E-state index is 11.2. The Balaban J connectivity index is 3.80. The van der Waals surface area contributed by atoms with E-state index in [1.165, 1.54) is 0 Å². The van der Waals surface area contributed by atoms with Gasteiger partial charge in [-0.3, -0.25) is 4.79 Å². The highest BCUT2D eigenvalue weighted by atomic mass is 16.5. The van der Waals surface area contributed by atoms with Gasteiger partial charge in [-0.2, -0.15) is 0 Å². The fraction of sp³-hybridized carbons (Fsp3) is 0.667. The number of methoxy groups -OCH3 is 1. The van der Waals surface area contributed by atoms with Crippen LogP contribution in [0.2, 0.25) is 0 Å². The molecule has 0 aliphatic heterocycles. The Morgan fingerprint density at radius 2 is 2.36 bits per heavy atom. The van der Waals surface area contributed by atoms with Crippen LogP contribution < -0.4 is 0 Å². The van der Waals surface area contributed by atoms with Crippen molar-refractivity contribution < 1.29 is 9.53 Å². The summed E-state index contributed by atoms with van der Waals surface area (Å²) < 4.78 is 4.98. The second kappa shape index (κ2) is 6.10. The molecule has 0 spiro atoms. The Morgan fingerprint density at radius 1 is 1.73 bits per heavy atom. The van der Waals surface area contributed by atoms with Crippen molar-refractivity contribution in [3.63, 3.8) is 0 Å². The third kappa shape index (κ3) is 3.94. The maximum Gasteiger partial charge on any atom is 0.161 e. The van der Waals surface area contributed by atoms with Gasteiger partial charge in [0.1, 0.15) is 6.10 Å². The molecule has 0 aromatic rings. The van der Waals surface area contributed by atoms with E-state index in [2.05, 4.69) is 6.58 Å². The summed E-state index contributed by atoms with van der Waals surface area (Å²) in [4.78, 5) is 11.2. The van der Waals surface area contributed by atoms with Gasteiger partial charge in [0.05, 0.1) is 0 Å². The number of carbonyl (C=O) groups is 1. The van der Waals surface area contributed by atoms with Crippen LogP contribution in [0.5, 0.6) is 0 Å². The molecule has 0 N–H and O–H groups in total. The molecule has 0 saturated carbocycles. The number of rotatable bonds is 6. The molecule has 0 radical (unpaired) electrons. The van der Waals surface area contributed by atoms with Gasteiger partial charge in [0, 0.05) is 13.5 Å². The lowest BCUT2D eigenvalue weighted by molar-refractivity contribution is -0.128. The van der Waals surface area contributed by atoms with Crippen molar-refractivity contribution in [2.24, 2.45) is 0 Å². The SMILES string of the molecule is C=CCC(OC)C(=O)CCC. The molecular formula is C9H16O2. The zero-order valence-corrected chi connectivity index (χ0v) is 7.30. The van der Waals surface area contributed by atoms with Crippen LogP contribution in [-0.4, -0.2) is 19.0 Å². The van der Waals surface area contributed by atoms with Gasteiger partial charge in [0.25, 0.3) is 0 Å². The quantitative estimate of drug-likeness (QED) is 0.549. The van der Waals surface area contributed by atoms with Crippen molar-refractivity contribution in [1.29, 1.82) is 0 Å². The third-order valence-electron chi connectivity index (χ3n) is 1.52. The number of carbonyl (C=O) groups excluding carboxylic acids is 1. The van der Waals surface area contributed by atoms with E-state index in [4.69, 9.17) is 4.74 Å². The van der Waals surface area contributed by atoms with Gasteiger partial charge >= 0.3 is 0 Å². The summed E-state index contributed by atoms with van der Waals surface area (Å²) >= 11 is 0. The summed E-state index contributed by atoms with van der Waals surface area (Å²) in [5.74, 6) is 0.176. The maximum absolute atomic E-state index is 11.2. The van der Waals surface area contributed by atoms with Gasteiger partial charge in [-0.15, -0.1) is 6.58 Å². The van der Waals surface area contributed by atoms with Crippen molar-refractivity contribution in [3.8, 4) is 0 Å². The van der Waals surface area contributed by atoms with Gasteiger partial charge in [-0.1, -0.05) is 13.0 Å². The molecule has 0 bridgehead atoms. The zero-order valence-electron chi connectivity index (χ0n) is 7.30. The molecule has 2 nitrogen and oxygen atoms in total. The molecule has 0 heterocycles. The first-order chi connectivity index (χ1) is 5.26. The number of ketones is 1. The monoisotopic (exact) mass is 156 g/mol. The molecule has 1 atom stereocenters. The van der Waals surface area contributed by atoms with Crippen LogP contribution in [-0.2, 0) is 9.53 Å². The lowest BCUT2D eigenvalue weighted by atomic mass is 10.1. The highest BCUT2D eigenvalue weighted by Gasteiger charge is 2.13. The Hall–Kier alpha value is -0.630. The Bertz CT molecular complexity index is 130. The minimum absolute atomic E-state index is 0.176. The van der Waals surface area contributed by atoms with Crippen LogP contribution in [0.25, 0.3) is 0 Å². The minimum Gasteiger partial charge on any atom is -0.373 e. The first kappa shape index (κ1) is 10.4. The van der Waals surface area contributed by atoms with E-state index < -0.39 is 0 Å². The predicted molar refractivity (Wildman–Crippen MR) is 45.5 cm³/mol. The van der Waals surface area contributed by atoms with E-state index in [9.17, 15) is 4.79 Å². The first-order valence-electron chi connectivity index (χ1n) is 3.92. The van der Waals surface area contributed by atoms with Crippen LogP contribution >= 0.6 is 0 Å². The third-order valence-corrected chi connectivity index (χ3v) is 1.52. The minimum atomic E-state index is -0.271. The van der Waals surface area contributed by atoms with Crippen molar-refractivity contribution >= 4 is 5.78 Å². The van der Waals surface area contributed by atoms with E-state index in [0.717, 1.165) is 6.42 Å². The summed E-state index contributed by atoms with van der Waals surface area (Å²) in [6.07, 6.45) is 3.55. The van der Waals surface area contributed by atoms with Crippen LogP contribution in [0.4, 0.5) is 0 Å². The second-order valence-corrected chi connectivity index (χ2v) is 2.47. The van der Waals surface area contributed by atoms with Gasteiger partial charge < -0.3 is 4.74 Å². The molecule has 64 valence electrons. The molecule has 0 aliphatic rings. The molecule has 0 aromatic carbocycles. The number of hydrogen-bond acceptors (Lipinski definition) is 2. The molecule has 0 aromatic heterocycles. The molecule has 0 fully saturated rings. The largest absolute Gasteiger partial charge is 0.373 e. The molecule has 11 heavy (non-hydrogen) atoms. The molecular weight excluding hydrogens is 140 g/mol. The summed E-state index contributed by atoms with van der Waals surface area (Å²) in [7, 11) is 1.56. The molecule has 1 unspecified atom stereocenters. The van der Waals surface area contributed by atoms with Gasteiger partial charge in [-0.25, -0.2) is 0 Å². The molecule has 0 saturated heterocycles. The highest BCUT2D eigenvalue weighted by Crippen LogP contribution is 2.03. The molecule has 0 aliphatic carbocycles. The van der Waals surface area contributed by atoms with Crippen molar-refractivity contribution in [2.75, 3.05) is 7.11 Å². The average Bonchev–Trinajstić information content (AvgIpc) is 2.00. The van der Waals surface area contributed by atoms with E-state index >= 15 is 0 Å². The van der Waals surface area contributed by atoms with Crippen molar-refractivity contribution in [3.05, 3.63) is 12.7 Å². The van der Waals surface area contributed by atoms with Gasteiger partial charge in [-0.05, 0) is 12.8 Å². The van der Waals surface area contributed by atoms with E-state index in [0.29, 0.717) is 12.8 Å². The van der Waals surface area contributed by atoms with Gasteiger partial charge in [0.15, 0.2) is 5.78 Å². The lowest BCUT2D eigenvalue weighted by Crippen LogP contribution is -2.21. The van der Waals surface area contributed by atoms with Crippen LogP contribution in [0, 0.1) is 0 Å². The smallest absolute Gasteiger partial charge is 0.161 e. The standard InChI is InChI=1S/C9H16O2/c1-4-6-8(10)9(11-3)7-5-2/h5,9H,2,4,6-7H2,1,3H3. The van der Waals surface area contributed by atoms with Crippen LogP contribution in [0.1, 0.15) is 26.2 Å². The lowest BCUT2D eigenvalue weighted by Gasteiger charge is -2.10. The Labute approximate surface area is 68.2 Å². The molecule has 0 rings (SSSR count). The fourth-order valence-corrected chi connectivity index (χ4v) is 0.918. The number of ether oxygens (including phenoxy) is 1. The Kier molecular flexibility index (Phi) is 5.75. The fourth-order valence-electron chi connectivity index (χ4n) is 0.918. The molecule has 0 amide bonds. The molecule has 2 heteroatoms. The van der Waals surface area contributed by atoms with Crippen molar-refractivity contribution in [2.45, 2.75) is 32.3 Å². The number of Topliss-reactive ketones (excluding diaryl/α,β-unsaturated/α-hetero) is 1. The second-order valence-electron chi connectivity index (χ2n) is 2.47. The summed E-state index contributed by atoms with van der Waals surface area (Å²) in [5.41, 5.74) is 0.